The van der Waals surface area contributed by atoms with Crippen LogP contribution >= 0.6 is 23.2 Å². The molecule has 1 aromatic carbocycles. The first kappa shape index (κ1) is 21.1. The lowest BCUT2D eigenvalue weighted by Crippen LogP contribution is -2.57. The van der Waals surface area contributed by atoms with E-state index in [1.807, 2.05) is 4.90 Å². The van der Waals surface area contributed by atoms with Crippen LogP contribution in [-0.2, 0) is 9.84 Å². The fraction of sp³-hybridized carbons (Fsp3) is 0.588. The number of sulfone groups is 1. The minimum Gasteiger partial charge on any atom is -0.492 e. The van der Waals surface area contributed by atoms with Crippen molar-refractivity contribution in [2.75, 3.05) is 39.0 Å². The highest BCUT2D eigenvalue weighted by atomic mass is 35.5. The van der Waals surface area contributed by atoms with E-state index in [0.29, 0.717) is 48.0 Å². The number of rotatable bonds is 5. The molecule has 9 heteroatoms. The summed E-state index contributed by atoms with van der Waals surface area (Å²) < 4.78 is 29.1. The molecule has 0 spiro atoms. The van der Waals surface area contributed by atoms with Gasteiger partial charge in [-0.3, -0.25) is 4.99 Å². The molecule has 0 aliphatic carbocycles. The average molecular weight is 422 g/mol. The van der Waals surface area contributed by atoms with Crippen LogP contribution in [0.2, 0.25) is 10.0 Å². The first-order chi connectivity index (χ1) is 12.2. The Morgan fingerprint density at radius 3 is 2.73 bits per heavy atom. The molecule has 1 N–H and O–H groups in total. The first-order valence-corrected chi connectivity index (χ1v) is 10.8. The quantitative estimate of drug-likeness (QED) is 0.449. The predicted molar refractivity (Wildman–Crippen MR) is 107 cm³/mol. The van der Waals surface area contributed by atoms with E-state index in [-0.39, 0.29) is 5.75 Å². The van der Waals surface area contributed by atoms with Crippen LogP contribution in [0.25, 0.3) is 0 Å². The Morgan fingerprint density at radius 2 is 2.12 bits per heavy atom. The molecule has 6 nitrogen and oxygen atoms in total. The van der Waals surface area contributed by atoms with E-state index in [9.17, 15) is 8.42 Å². The predicted octanol–water partition coefficient (Wildman–Crippen LogP) is 2.85. The zero-order valence-electron chi connectivity index (χ0n) is 15.3. The van der Waals surface area contributed by atoms with Crippen LogP contribution in [0, 0.1) is 0 Å². The number of ether oxygens (including phenoxy) is 1. The van der Waals surface area contributed by atoms with Crippen LogP contribution in [0.15, 0.2) is 23.2 Å². The van der Waals surface area contributed by atoms with E-state index in [2.05, 4.69) is 10.3 Å². The maximum atomic E-state index is 12.1. The van der Waals surface area contributed by atoms with E-state index < -0.39 is 14.6 Å². The van der Waals surface area contributed by atoms with Crippen molar-refractivity contribution >= 4 is 39.0 Å². The van der Waals surface area contributed by atoms with Crippen LogP contribution in [0.1, 0.15) is 20.3 Å². The molecule has 1 fully saturated rings. The number of nitrogens with zero attached hydrogens (tertiary/aromatic N) is 2. The van der Waals surface area contributed by atoms with Crippen molar-refractivity contribution in [3.63, 3.8) is 0 Å². The van der Waals surface area contributed by atoms with E-state index in [1.165, 1.54) is 0 Å². The average Bonchev–Trinajstić information content (AvgIpc) is 2.55. The lowest BCUT2D eigenvalue weighted by molar-refractivity contribution is 0.308. The van der Waals surface area contributed by atoms with Crippen LogP contribution in [0.4, 0.5) is 0 Å². The zero-order chi connectivity index (χ0) is 19.4. The summed E-state index contributed by atoms with van der Waals surface area (Å²) in [6.07, 6.45) is 0.744. The van der Waals surface area contributed by atoms with Gasteiger partial charge in [-0.05, 0) is 38.5 Å². The maximum Gasteiger partial charge on any atom is 0.193 e. The topological polar surface area (TPSA) is 71.0 Å². The summed E-state index contributed by atoms with van der Waals surface area (Å²) in [6.45, 7) is 5.53. The maximum absolute atomic E-state index is 12.1. The molecule has 1 aliphatic heterocycles. The number of benzene rings is 1. The molecule has 26 heavy (non-hydrogen) atoms. The zero-order valence-corrected chi connectivity index (χ0v) is 17.6. The van der Waals surface area contributed by atoms with Gasteiger partial charge in [0.1, 0.15) is 5.75 Å². The number of aliphatic imine (C=N–C) groups is 1. The van der Waals surface area contributed by atoms with Crippen molar-refractivity contribution in [2.45, 2.75) is 25.0 Å². The van der Waals surface area contributed by atoms with E-state index in [1.54, 1.807) is 39.1 Å². The van der Waals surface area contributed by atoms with Gasteiger partial charge in [-0.25, -0.2) is 8.42 Å². The van der Waals surface area contributed by atoms with Gasteiger partial charge in [-0.2, -0.15) is 0 Å². The third-order valence-electron chi connectivity index (χ3n) is 4.31. The monoisotopic (exact) mass is 421 g/mol. The summed E-state index contributed by atoms with van der Waals surface area (Å²) >= 11 is 11.9. The number of hydrogen-bond donors (Lipinski definition) is 1. The lowest BCUT2D eigenvalue weighted by atomic mass is 10.2. The number of nitrogens with one attached hydrogen (secondary N) is 1. The second-order valence-electron chi connectivity index (χ2n) is 6.75. The molecule has 1 heterocycles. The summed E-state index contributed by atoms with van der Waals surface area (Å²) in [4.78, 5) is 6.25. The summed E-state index contributed by atoms with van der Waals surface area (Å²) in [6, 6.07) is 5.12. The Balaban J connectivity index is 1.79. The van der Waals surface area contributed by atoms with Gasteiger partial charge in [0.25, 0.3) is 0 Å². The van der Waals surface area contributed by atoms with Crippen molar-refractivity contribution in [3.8, 4) is 5.75 Å². The summed E-state index contributed by atoms with van der Waals surface area (Å²) in [5.41, 5.74) is 0. The Hall–Kier alpha value is -1.18. The lowest BCUT2D eigenvalue weighted by Gasteiger charge is -2.39. The Morgan fingerprint density at radius 1 is 1.38 bits per heavy atom. The van der Waals surface area contributed by atoms with E-state index in [4.69, 9.17) is 27.9 Å². The van der Waals surface area contributed by atoms with Crippen molar-refractivity contribution in [3.05, 3.63) is 28.2 Å². The Kier molecular flexibility index (Phi) is 7.05. The van der Waals surface area contributed by atoms with Crippen LogP contribution in [0.3, 0.4) is 0 Å². The minimum atomic E-state index is -3.07. The van der Waals surface area contributed by atoms with E-state index >= 15 is 0 Å². The second-order valence-corrected chi connectivity index (χ2v) is 10.3. The van der Waals surface area contributed by atoms with Gasteiger partial charge in [0.05, 0.1) is 22.1 Å². The second kappa shape index (κ2) is 8.67. The third-order valence-corrected chi connectivity index (χ3v) is 7.37. The Labute approximate surface area is 165 Å². The molecule has 1 saturated heterocycles. The number of halogens is 2. The minimum absolute atomic E-state index is 0.138. The number of guanidine groups is 1. The van der Waals surface area contributed by atoms with Gasteiger partial charge in [0.15, 0.2) is 15.8 Å². The molecule has 0 bridgehead atoms. The molecule has 0 saturated carbocycles. The van der Waals surface area contributed by atoms with E-state index in [0.717, 1.165) is 6.42 Å². The fourth-order valence-electron chi connectivity index (χ4n) is 2.70. The van der Waals surface area contributed by atoms with Gasteiger partial charge in [0, 0.05) is 31.7 Å². The summed E-state index contributed by atoms with van der Waals surface area (Å²) in [5.74, 6) is 1.44. The molecular weight excluding hydrogens is 397 g/mol. The van der Waals surface area contributed by atoms with Crippen molar-refractivity contribution in [1.29, 1.82) is 0 Å². The van der Waals surface area contributed by atoms with Gasteiger partial charge >= 0.3 is 0 Å². The van der Waals surface area contributed by atoms with Gasteiger partial charge in [-0.1, -0.05) is 23.2 Å². The molecule has 1 aromatic rings. The molecular formula is C17H25Cl2N3O3S. The smallest absolute Gasteiger partial charge is 0.193 e. The van der Waals surface area contributed by atoms with Crippen molar-refractivity contribution in [2.24, 2.45) is 4.99 Å². The molecule has 2 rings (SSSR count). The SMILES string of the molecule is CN=C(NCCCOc1ccc(Cl)cc1Cl)N1CCS(=O)(=O)C(C)(C)C1. The summed E-state index contributed by atoms with van der Waals surface area (Å²) in [5, 5.41) is 4.31. The molecule has 0 aromatic heterocycles. The highest BCUT2D eigenvalue weighted by molar-refractivity contribution is 7.92. The molecule has 0 unspecified atom stereocenters. The van der Waals surface area contributed by atoms with Crippen LogP contribution < -0.4 is 10.1 Å². The molecule has 1 aliphatic rings. The van der Waals surface area contributed by atoms with Crippen LogP contribution in [-0.4, -0.2) is 63.1 Å². The third kappa shape index (κ3) is 5.18. The highest BCUT2D eigenvalue weighted by Crippen LogP contribution is 2.27. The van der Waals surface area contributed by atoms with Crippen LogP contribution in [0.5, 0.6) is 5.75 Å². The number of hydrogen-bond acceptors (Lipinski definition) is 4. The Bertz CT molecular complexity index is 767. The normalized spacial score (nSPS) is 19.3. The first-order valence-electron chi connectivity index (χ1n) is 8.42. The largest absolute Gasteiger partial charge is 0.492 e. The standard InChI is InChI=1S/C17H25Cl2N3O3S/c1-17(2)12-22(8-10-26(17,23)24)16(20-3)21-7-4-9-25-15-6-5-13(18)11-14(15)19/h5-6,11H,4,7-10,12H2,1-3H3,(H,20,21). The van der Waals surface area contributed by atoms with Gasteiger partial charge in [-0.15, -0.1) is 0 Å². The van der Waals surface area contributed by atoms with Gasteiger partial charge < -0.3 is 15.0 Å². The van der Waals surface area contributed by atoms with Gasteiger partial charge in [0.2, 0.25) is 0 Å². The van der Waals surface area contributed by atoms with Crippen molar-refractivity contribution < 1.29 is 13.2 Å². The highest BCUT2D eigenvalue weighted by Gasteiger charge is 2.40. The fourth-order valence-corrected chi connectivity index (χ4v) is 4.53. The molecule has 0 amide bonds. The summed E-state index contributed by atoms with van der Waals surface area (Å²) in [7, 11) is -1.37. The molecule has 0 radical (unpaired) electrons. The molecule has 146 valence electrons. The van der Waals surface area contributed by atoms with Crippen molar-refractivity contribution in [1.82, 2.24) is 10.2 Å². The molecule has 0 atom stereocenters.